The SMILES string of the molecule is CCCS(=O)(=O)Nc1ccc(-c2ccccc2)cc1. The molecule has 0 radical (unpaired) electrons. The summed E-state index contributed by atoms with van der Waals surface area (Å²) in [5.41, 5.74) is 2.79. The standard InChI is InChI=1S/C15H17NO2S/c1-2-12-19(17,18)16-15-10-8-14(9-11-15)13-6-4-3-5-7-13/h3-11,16H,2,12H2,1H3. The molecule has 0 aliphatic rings. The summed E-state index contributed by atoms with van der Waals surface area (Å²) < 4.78 is 25.9. The Bertz CT molecular complexity index is 619. The fraction of sp³-hybridized carbons (Fsp3) is 0.200. The fourth-order valence-corrected chi connectivity index (χ4v) is 3.00. The van der Waals surface area contributed by atoms with Crippen molar-refractivity contribution >= 4 is 15.7 Å². The Labute approximate surface area is 114 Å². The quantitative estimate of drug-likeness (QED) is 0.907. The van der Waals surface area contributed by atoms with Crippen molar-refractivity contribution in [2.75, 3.05) is 10.5 Å². The Hall–Kier alpha value is -1.81. The maximum Gasteiger partial charge on any atom is 0.232 e. The largest absolute Gasteiger partial charge is 0.284 e. The van der Waals surface area contributed by atoms with Gasteiger partial charge in [-0.05, 0) is 29.7 Å². The van der Waals surface area contributed by atoms with Crippen LogP contribution in [0, 0.1) is 0 Å². The molecule has 3 nitrogen and oxygen atoms in total. The van der Waals surface area contributed by atoms with E-state index in [9.17, 15) is 8.42 Å². The van der Waals surface area contributed by atoms with Gasteiger partial charge in [-0.25, -0.2) is 8.42 Å². The molecule has 2 aromatic rings. The van der Waals surface area contributed by atoms with Gasteiger partial charge in [0, 0.05) is 5.69 Å². The third-order valence-electron chi connectivity index (χ3n) is 2.74. The molecule has 19 heavy (non-hydrogen) atoms. The van der Waals surface area contributed by atoms with E-state index in [1.807, 2.05) is 49.4 Å². The predicted molar refractivity (Wildman–Crippen MR) is 79.6 cm³/mol. The molecule has 0 atom stereocenters. The Morgan fingerprint density at radius 2 is 1.47 bits per heavy atom. The van der Waals surface area contributed by atoms with Crippen molar-refractivity contribution in [2.45, 2.75) is 13.3 Å². The highest BCUT2D eigenvalue weighted by molar-refractivity contribution is 7.92. The lowest BCUT2D eigenvalue weighted by atomic mass is 10.1. The van der Waals surface area contributed by atoms with Crippen molar-refractivity contribution in [3.05, 3.63) is 54.6 Å². The van der Waals surface area contributed by atoms with Gasteiger partial charge in [-0.15, -0.1) is 0 Å². The van der Waals surface area contributed by atoms with Crippen LogP contribution in [0.1, 0.15) is 13.3 Å². The van der Waals surface area contributed by atoms with Crippen molar-refractivity contribution < 1.29 is 8.42 Å². The molecule has 0 aliphatic carbocycles. The van der Waals surface area contributed by atoms with E-state index >= 15 is 0 Å². The maximum atomic E-state index is 11.6. The van der Waals surface area contributed by atoms with Gasteiger partial charge >= 0.3 is 0 Å². The number of benzene rings is 2. The van der Waals surface area contributed by atoms with Gasteiger partial charge in [-0.1, -0.05) is 49.4 Å². The minimum absolute atomic E-state index is 0.146. The molecular formula is C15H17NO2S. The lowest BCUT2D eigenvalue weighted by molar-refractivity contribution is 0.600. The average molecular weight is 275 g/mol. The van der Waals surface area contributed by atoms with Gasteiger partial charge in [0.05, 0.1) is 5.75 Å². The van der Waals surface area contributed by atoms with Crippen molar-refractivity contribution in [3.63, 3.8) is 0 Å². The van der Waals surface area contributed by atoms with Crippen LogP contribution in [-0.4, -0.2) is 14.2 Å². The molecular weight excluding hydrogens is 258 g/mol. The molecule has 0 bridgehead atoms. The third-order valence-corrected chi connectivity index (χ3v) is 4.23. The van der Waals surface area contributed by atoms with Gasteiger partial charge < -0.3 is 0 Å². The second-order valence-electron chi connectivity index (χ2n) is 4.36. The molecule has 0 saturated heterocycles. The molecule has 1 N–H and O–H groups in total. The van der Waals surface area contributed by atoms with Gasteiger partial charge in [0.2, 0.25) is 10.0 Å². The van der Waals surface area contributed by atoms with Gasteiger partial charge in [0.25, 0.3) is 0 Å². The van der Waals surface area contributed by atoms with Crippen molar-refractivity contribution in [2.24, 2.45) is 0 Å². The fourth-order valence-electron chi connectivity index (χ4n) is 1.86. The molecule has 100 valence electrons. The summed E-state index contributed by atoms with van der Waals surface area (Å²) in [6, 6.07) is 17.4. The molecule has 0 saturated carbocycles. The Balaban J connectivity index is 2.16. The Morgan fingerprint density at radius 3 is 2.05 bits per heavy atom. The number of hydrogen-bond donors (Lipinski definition) is 1. The van der Waals surface area contributed by atoms with E-state index in [1.165, 1.54) is 0 Å². The molecule has 0 unspecified atom stereocenters. The second kappa shape index (κ2) is 5.89. The molecule has 0 heterocycles. The van der Waals surface area contributed by atoms with Crippen LogP contribution in [0.25, 0.3) is 11.1 Å². The van der Waals surface area contributed by atoms with Gasteiger partial charge in [-0.2, -0.15) is 0 Å². The predicted octanol–water partition coefficient (Wildman–Crippen LogP) is 3.51. The summed E-state index contributed by atoms with van der Waals surface area (Å²) >= 11 is 0. The van der Waals surface area contributed by atoms with Crippen LogP contribution < -0.4 is 4.72 Å². The summed E-state index contributed by atoms with van der Waals surface area (Å²) in [6.07, 6.45) is 0.609. The molecule has 0 amide bonds. The zero-order valence-corrected chi connectivity index (χ0v) is 11.7. The highest BCUT2D eigenvalue weighted by Crippen LogP contribution is 2.21. The summed E-state index contributed by atoms with van der Waals surface area (Å²) in [4.78, 5) is 0. The van der Waals surface area contributed by atoms with E-state index in [1.54, 1.807) is 12.1 Å². The second-order valence-corrected chi connectivity index (χ2v) is 6.21. The smallest absolute Gasteiger partial charge is 0.232 e. The van der Waals surface area contributed by atoms with Crippen LogP contribution in [0.15, 0.2) is 54.6 Å². The highest BCUT2D eigenvalue weighted by Gasteiger charge is 2.08. The van der Waals surface area contributed by atoms with Crippen LogP contribution in [0.2, 0.25) is 0 Å². The van der Waals surface area contributed by atoms with Crippen LogP contribution in [0.4, 0.5) is 5.69 Å². The highest BCUT2D eigenvalue weighted by atomic mass is 32.2. The van der Waals surface area contributed by atoms with Crippen LogP contribution in [-0.2, 0) is 10.0 Å². The molecule has 2 aromatic carbocycles. The Morgan fingerprint density at radius 1 is 0.895 bits per heavy atom. The lowest BCUT2D eigenvalue weighted by Gasteiger charge is -2.08. The lowest BCUT2D eigenvalue weighted by Crippen LogP contribution is -2.15. The number of hydrogen-bond acceptors (Lipinski definition) is 2. The number of nitrogens with one attached hydrogen (secondary N) is 1. The minimum atomic E-state index is -3.21. The minimum Gasteiger partial charge on any atom is -0.284 e. The van der Waals surface area contributed by atoms with E-state index in [4.69, 9.17) is 0 Å². The zero-order valence-electron chi connectivity index (χ0n) is 10.8. The van der Waals surface area contributed by atoms with E-state index in [-0.39, 0.29) is 5.75 Å². The molecule has 0 aliphatic heterocycles. The summed E-state index contributed by atoms with van der Waals surface area (Å²) in [6.45, 7) is 1.84. The number of rotatable bonds is 5. The monoisotopic (exact) mass is 275 g/mol. The Kier molecular flexibility index (Phi) is 4.22. The van der Waals surface area contributed by atoms with Gasteiger partial charge in [0.15, 0.2) is 0 Å². The molecule has 0 fully saturated rings. The van der Waals surface area contributed by atoms with Crippen LogP contribution >= 0.6 is 0 Å². The normalized spacial score (nSPS) is 11.2. The first-order valence-corrected chi connectivity index (χ1v) is 7.92. The summed E-state index contributed by atoms with van der Waals surface area (Å²) in [5, 5.41) is 0. The first-order chi connectivity index (χ1) is 9.11. The van der Waals surface area contributed by atoms with Crippen molar-refractivity contribution in [3.8, 4) is 11.1 Å². The van der Waals surface area contributed by atoms with Crippen molar-refractivity contribution in [1.29, 1.82) is 0 Å². The van der Waals surface area contributed by atoms with E-state index < -0.39 is 10.0 Å². The van der Waals surface area contributed by atoms with Crippen molar-refractivity contribution in [1.82, 2.24) is 0 Å². The van der Waals surface area contributed by atoms with Crippen LogP contribution in [0.5, 0.6) is 0 Å². The topological polar surface area (TPSA) is 46.2 Å². The number of sulfonamides is 1. The molecule has 0 spiro atoms. The van der Waals surface area contributed by atoms with Gasteiger partial charge in [-0.3, -0.25) is 4.72 Å². The summed E-state index contributed by atoms with van der Waals surface area (Å²) in [7, 11) is -3.21. The first-order valence-electron chi connectivity index (χ1n) is 6.27. The summed E-state index contributed by atoms with van der Waals surface area (Å²) in [5.74, 6) is 0.146. The number of anilines is 1. The molecule has 4 heteroatoms. The average Bonchev–Trinajstić information content (AvgIpc) is 2.40. The molecule has 0 aromatic heterocycles. The van der Waals surface area contributed by atoms with E-state index in [0.717, 1.165) is 11.1 Å². The maximum absolute atomic E-state index is 11.6. The van der Waals surface area contributed by atoms with E-state index in [0.29, 0.717) is 12.1 Å². The van der Waals surface area contributed by atoms with Crippen LogP contribution in [0.3, 0.4) is 0 Å². The third kappa shape index (κ3) is 3.83. The zero-order chi connectivity index (χ0) is 13.7. The first kappa shape index (κ1) is 13.6. The molecule has 2 rings (SSSR count). The van der Waals surface area contributed by atoms with E-state index in [2.05, 4.69) is 4.72 Å². The van der Waals surface area contributed by atoms with Gasteiger partial charge in [0.1, 0.15) is 0 Å².